The molecular weight excluding hydrogens is 411 g/mol. The Morgan fingerprint density at radius 3 is 2.29 bits per heavy atom. The summed E-state index contributed by atoms with van der Waals surface area (Å²) in [6, 6.07) is 10.4. The predicted octanol–water partition coefficient (Wildman–Crippen LogP) is 3.73. The highest BCUT2D eigenvalue weighted by molar-refractivity contribution is 6.08. The minimum absolute atomic E-state index is 0.125. The molecular formula is C22H22F3N3O3. The summed E-state index contributed by atoms with van der Waals surface area (Å²) in [5.41, 5.74) is -0.915. The fourth-order valence-electron chi connectivity index (χ4n) is 3.59. The summed E-state index contributed by atoms with van der Waals surface area (Å²) in [6.45, 7) is 3.54. The van der Waals surface area contributed by atoms with Crippen molar-refractivity contribution >= 4 is 17.8 Å². The Morgan fingerprint density at radius 1 is 1.10 bits per heavy atom. The first kappa shape index (κ1) is 22.3. The number of carbonyl (C=O) groups excluding carboxylic acids is 3. The van der Waals surface area contributed by atoms with Crippen LogP contribution in [0.4, 0.5) is 18.0 Å². The number of urea groups is 1. The molecule has 164 valence electrons. The van der Waals surface area contributed by atoms with Crippen LogP contribution >= 0.6 is 0 Å². The number of hydrogen-bond acceptors (Lipinski definition) is 3. The SMILES string of the molecule is CCC(C)C1(CNC(=O)c2ccccc2-c2ccc(C(F)(F)F)cc2)NC(=O)NC1=O. The molecule has 3 N–H and O–H groups in total. The number of imide groups is 1. The van der Waals surface area contributed by atoms with E-state index in [1.807, 2.05) is 6.92 Å². The summed E-state index contributed by atoms with van der Waals surface area (Å²) in [4.78, 5) is 37.1. The van der Waals surface area contributed by atoms with Crippen molar-refractivity contribution in [2.24, 2.45) is 5.92 Å². The molecule has 2 unspecified atom stereocenters. The molecule has 3 rings (SSSR count). The van der Waals surface area contributed by atoms with Crippen molar-refractivity contribution in [1.82, 2.24) is 16.0 Å². The second kappa shape index (κ2) is 8.41. The number of nitrogens with one attached hydrogen (secondary N) is 3. The van der Waals surface area contributed by atoms with Crippen molar-refractivity contribution in [2.75, 3.05) is 6.54 Å². The standard InChI is InChI=1S/C22H22F3N3O3/c1-3-13(2)21(19(30)27-20(31)28-21)12-26-18(29)17-7-5-4-6-16(17)14-8-10-15(11-9-14)22(23,24)25/h4-11,13H,3,12H2,1-2H3,(H,26,29)(H2,27,28,30,31). The van der Waals surface area contributed by atoms with Crippen LogP contribution in [0.2, 0.25) is 0 Å². The highest BCUT2D eigenvalue weighted by atomic mass is 19.4. The topological polar surface area (TPSA) is 87.3 Å². The zero-order valence-electron chi connectivity index (χ0n) is 17.0. The first-order chi connectivity index (χ1) is 14.6. The average molecular weight is 433 g/mol. The maximum Gasteiger partial charge on any atom is 0.416 e. The number of rotatable bonds is 6. The summed E-state index contributed by atoms with van der Waals surface area (Å²) in [6.07, 6.45) is -3.86. The van der Waals surface area contributed by atoms with Gasteiger partial charge in [0.1, 0.15) is 5.54 Å². The predicted molar refractivity (Wildman–Crippen MR) is 108 cm³/mol. The van der Waals surface area contributed by atoms with Gasteiger partial charge in [-0.3, -0.25) is 14.9 Å². The van der Waals surface area contributed by atoms with Gasteiger partial charge in [0.2, 0.25) is 0 Å². The van der Waals surface area contributed by atoms with Crippen molar-refractivity contribution in [3.05, 3.63) is 59.7 Å². The van der Waals surface area contributed by atoms with Crippen molar-refractivity contribution in [2.45, 2.75) is 32.0 Å². The van der Waals surface area contributed by atoms with Gasteiger partial charge in [-0.1, -0.05) is 50.6 Å². The smallest absolute Gasteiger partial charge is 0.349 e. The Hall–Kier alpha value is -3.36. The Kier molecular flexibility index (Phi) is 6.06. The lowest BCUT2D eigenvalue weighted by Crippen LogP contribution is -2.59. The van der Waals surface area contributed by atoms with Crippen molar-refractivity contribution in [3.8, 4) is 11.1 Å². The van der Waals surface area contributed by atoms with E-state index in [4.69, 9.17) is 0 Å². The maximum absolute atomic E-state index is 12.9. The molecule has 9 heteroatoms. The minimum Gasteiger partial charge on any atom is -0.349 e. The first-order valence-corrected chi connectivity index (χ1v) is 9.77. The van der Waals surface area contributed by atoms with Crippen molar-refractivity contribution in [1.29, 1.82) is 0 Å². The van der Waals surface area contributed by atoms with E-state index in [0.29, 0.717) is 17.5 Å². The zero-order chi connectivity index (χ0) is 22.8. The summed E-state index contributed by atoms with van der Waals surface area (Å²) in [5.74, 6) is -1.26. The van der Waals surface area contributed by atoms with Crippen LogP contribution < -0.4 is 16.0 Å². The van der Waals surface area contributed by atoms with Crippen LogP contribution in [0.3, 0.4) is 0 Å². The van der Waals surface area contributed by atoms with Gasteiger partial charge in [-0.15, -0.1) is 0 Å². The van der Waals surface area contributed by atoms with Gasteiger partial charge in [0.15, 0.2) is 0 Å². The lowest BCUT2D eigenvalue weighted by atomic mass is 9.83. The average Bonchev–Trinajstić information content (AvgIpc) is 3.04. The van der Waals surface area contributed by atoms with E-state index in [-0.39, 0.29) is 18.0 Å². The van der Waals surface area contributed by atoms with Gasteiger partial charge >= 0.3 is 12.2 Å². The Labute approximate surface area is 177 Å². The summed E-state index contributed by atoms with van der Waals surface area (Å²) >= 11 is 0. The second-order valence-electron chi connectivity index (χ2n) is 7.49. The van der Waals surface area contributed by atoms with Crippen LogP contribution in [0.1, 0.15) is 36.2 Å². The number of amides is 4. The van der Waals surface area contributed by atoms with Crippen LogP contribution in [-0.2, 0) is 11.0 Å². The number of benzene rings is 2. The fourth-order valence-corrected chi connectivity index (χ4v) is 3.59. The molecule has 1 aliphatic heterocycles. The van der Waals surface area contributed by atoms with Crippen LogP contribution in [-0.4, -0.2) is 29.9 Å². The molecule has 1 aliphatic rings. The van der Waals surface area contributed by atoms with E-state index < -0.39 is 35.1 Å². The van der Waals surface area contributed by atoms with E-state index in [2.05, 4.69) is 16.0 Å². The second-order valence-corrected chi connectivity index (χ2v) is 7.49. The molecule has 0 saturated carbocycles. The summed E-state index contributed by atoms with van der Waals surface area (Å²) in [7, 11) is 0. The molecule has 1 heterocycles. The molecule has 0 radical (unpaired) electrons. The minimum atomic E-state index is -4.45. The van der Waals surface area contributed by atoms with E-state index in [1.54, 1.807) is 31.2 Å². The highest BCUT2D eigenvalue weighted by Gasteiger charge is 2.49. The molecule has 2 atom stereocenters. The monoisotopic (exact) mass is 433 g/mol. The summed E-state index contributed by atoms with van der Waals surface area (Å²) in [5, 5.41) is 7.53. The molecule has 1 saturated heterocycles. The van der Waals surface area contributed by atoms with Gasteiger partial charge in [0.25, 0.3) is 11.8 Å². The third-order valence-electron chi connectivity index (χ3n) is 5.65. The largest absolute Gasteiger partial charge is 0.416 e. The molecule has 2 aromatic carbocycles. The van der Waals surface area contributed by atoms with Crippen molar-refractivity contribution in [3.63, 3.8) is 0 Å². The molecule has 2 aromatic rings. The number of carbonyl (C=O) groups is 3. The van der Waals surface area contributed by atoms with Gasteiger partial charge in [0.05, 0.1) is 12.1 Å². The van der Waals surface area contributed by atoms with Gasteiger partial charge in [-0.2, -0.15) is 13.2 Å². The van der Waals surface area contributed by atoms with Gasteiger partial charge in [0, 0.05) is 5.56 Å². The Bertz CT molecular complexity index is 1010. The van der Waals surface area contributed by atoms with Crippen LogP contribution in [0.25, 0.3) is 11.1 Å². The van der Waals surface area contributed by atoms with Crippen LogP contribution in [0.15, 0.2) is 48.5 Å². The van der Waals surface area contributed by atoms with Gasteiger partial charge in [-0.05, 0) is 35.2 Å². The highest BCUT2D eigenvalue weighted by Crippen LogP contribution is 2.32. The Balaban J connectivity index is 1.85. The first-order valence-electron chi connectivity index (χ1n) is 9.77. The molecule has 0 aromatic heterocycles. The van der Waals surface area contributed by atoms with Gasteiger partial charge in [-0.25, -0.2) is 4.79 Å². The molecule has 4 amide bonds. The van der Waals surface area contributed by atoms with Gasteiger partial charge < -0.3 is 10.6 Å². The number of halogens is 3. The Morgan fingerprint density at radius 2 is 1.74 bits per heavy atom. The van der Waals surface area contributed by atoms with E-state index in [0.717, 1.165) is 12.1 Å². The number of alkyl halides is 3. The maximum atomic E-state index is 12.9. The fraction of sp³-hybridized carbons (Fsp3) is 0.318. The molecule has 0 bridgehead atoms. The molecule has 1 fully saturated rings. The molecule has 6 nitrogen and oxygen atoms in total. The lowest BCUT2D eigenvalue weighted by Gasteiger charge is -2.32. The quantitative estimate of drug-likeness (QED) is 0.607. The van der Waals surface area contributed by atoms with Crippen LogP contribution in [0, 0.1) is 5.92 Å². The molecule has 0 aliphatic carbocycles. The van der Waals surface area contributed by atoms with E-state index in [9.17, 15) is 27.6 Å². The van der Waals surface area contributed by atoms with E-state index >= 15 is 0 Å². The number of hydrogen-bond donors (Lipinski definition) is 3. The summed E-state index contributed by atoms with van der Waals surface area (Å²) < 4.78 is 38.5. The lowest BCUT2D eigenvalue weighted by molar-refractivity contribution is -0.137. The third kappa shape index (κ3) is 4.40. The van der Waals surface area contributed by atoms with E-state index in [1.165, 1.54) is 12.1 Å². The normalized spacial score (nSPS) is 19.5. The zero-order valence-corrected chi connectivity index (χ0v) is 17.0. The molecule has 31 heavy (non-hydrogen) atoms. The van der Waals surface area contributed by atoms with Crippen molar-refractivity contribution < 1.29 is 27.6 Å². The third-order valence-corrected chi connectivity index (χ3v) is 5.65. The van der Waals surface area contributed by atoms with Crippen LogP contribution in [0.5, 0.6) is 0 Å². The molecule has 0 spiro atoms.